The molecule has 0 saturated heterocycles. The number of rotatable bonds is 3. The SMILES string of the molecule is CC(C)c1nnc2sc(/C=C/c3cccs3)nn12. The standard InChI is InChI=1S/C12H12N4S2/c1-8(2)11-13-14-12-16(11)15-10(18-12)6-5-9-4-3-7-17-9/h3-8H,1-2H3/b6-5+. The lowest BCUT2D eigenvalue weighted by molar-refractivity contribution is 0.724. The monoisotopic (exact) mass is 276 g/mol. The Bertz CT molecular complexity index is 676. The molecule has 0 aliphatic carbocycles. The molecule has 0 radical (unpaired) electrons. The van der Waals surface area contributed by atoms with Gasteiger partial charge in [-0.25, -0.2) is 0 Å². The number of aromatic nitrogens is 4. The third-order valence-electron chi connectivity index (χ3n) is 2.48. The number of hydrogen-bond donors (Lipinski definition) is 0. The van der Waals surface area contributed by atoms with E-state index in [1.165, 1.54) is 4.88 Å². The van der Waals surface area contributed by atoms with Gasteiger partial charge in [0.25, 0.3) is 0 Å². The fraction of sp³-hybridized carbons (Fsp3) is 0.250. The first kappa shape index (κ1) is 11.6. The van der Waals surface area contributed by atoms with Gasteiger partial charge in [-0.1, -0.05) is 31.3 Å². The molecule has 0 bridgehead atoms. The van der Waals surface area contributed by atoms with Crippen molar-refractivity contribution in [2.75, 3.05) is 0 Å². The zero-order valence-corrected chi connectivity index (χ0v) is 11.7. The van der Waals surface area contributed by atoms with Gasteiger partial charge in [0.2, 0.25) is 4.96 Å². The van der Waals surface area contributed by atoms with Crippen LogP contribution < -0.4 is 0 Å². The van der Waals surface area contributed by atoms with Crippen LogP contribution in [0.1, 0.15) is 35.5 Å². The first-order valence-corrected chi connectivity index (χ1v) is 7.37. The highest BCUT2D eigenvalue weighted by atomic mass is 32.1. The maximum Gasteiger partial charge on any atom is 0.234 e. The van der Waals surface area contributed by atoms with Crippen molar-refractivity contribution >= 4 is 39.8 Å². The van der Waals surface area contributed by atoms with Crippen LogP contribution in [0.25, 0.3) is 17.1 Å². The number of hydrogen-bond acceptors (Lipinski definition) is 5. The normalized spacial score (nSPS) is 12.2. The average molecular weight is 276 g/mol. The van der Waals surface area contributed by atoms with Gasteiger partial charge in [0, 0.05) is 10.8 Å². The molecule has 4 nitrogen and oxygen atoms in total. The smallest absolute Gasteiger partial charge is 0.187 e. The summed E-state index contributed by atoms with van der Waals surface area (Å²) in [7, 11) is 0. The van der Waals surface area contributed by atoms with Crippen molar-refractivity contribution in [1.29, 1.82) is 0 Å². The molecule has 0 aliphatic rings. The number of nitrogens with zero attached hydrogens (tertiary/aromatic N) is 4. The second-order valence-corrected chi connectivity index (χ2v) is 6.16. The van der Waals surface area contributed by atoms with E-state index >= 15 is 0 Å². The molecule has 3 aromatic rings. The molecule has 0 unspecified atom stereocenters. The number of thiophene rings is 1. The Hall–Kier alpha value is -1.53. The summed E-state index contributed by atoms with van der Waals surface area (Å²) in [6.07, 6.45) is 4.10. The molecule has 0 aliphatic heterocycles. The summed E-state index contributed by atoms with van der Waals surface area (Å²) in [5.41, 5.74) is 0. The lowest BCUT2D eigenvalue weighted by Crippen LogP contribution is -1.97. The van der Waals surface area contributed by atoms with E-state index < -0.39 is 0 Å². The van der Waals surface area contributed by atoms with E-state index in [0.717, 1.165) is 15.8 Å². The van der Waals surface area contributed by atoms with Crippen molar-refractivity contribution in [1.82, 2.24) is 19.8 Å². The second kappa shape index (κ2) is 4.62. The van der Waals surface area contributed by atoms with E-state index in [4.69, 9.17) is 0 Å². The minimum atomic E-state index is 0.330. The van der Waals surface area contributed by atoms with E-state index in [1.807, 2.05) is 16.7 Å². The van der Waals surface area contributed by atoms with Gasteiger partial charge in [0.05, 0.1) is 0 Å². The van der Waals surface area contributed by atoms with Crippen LogP contribution in [0.4, 0.5) is 0 Å². The van der Waals surface area contributed by atoms with Gasteiger partial charge in [0.1, 0.15) is 5.01 Å². The first-order chi connectivity index (χ1) is 8.74. The van der Waals surface area contributed by atoms with Gasteiger partial charge >= 0.3 is 0 Å². The molecular formula is C12H12N4S2. The van der Waals surface area contributed by atoms with Crippen molar-refractivity contribution in [3.63, 3.8) is 0 Å². The molecule has 0 saturated carbocycles. The lowest BCUT2D eigenvalue weighted by Gasteiger charge is -1.96. The summed E-state index contributed by atoms with van der Waals surface area (Å²) in [5, 5.41) is 15.8. The fourth-order valence-electron chi connectivity index (χ4n) is 1.61. The molecule has 3 aromatic heterocycles. The molecule has 0 amide bonds. The van der Waals surface area contributed by atoms with Gasteiger partial charge in [-0.2, -0.15) is 9.61 Å². The Labute approximate surface area is 113 Å². The Balaban J connectivity index is 1.94. The van der Waals surface area contributed by atoms with Crippen LogP contribution in [0.3, 0.4) is 0 Å². The number of fused-ring (bicyclic) bond motifs is 1. The highest BCUT2D eigenvalue weighted by molar-refractivity contribution is 7.17. The summed E-state index contributed by atoms with van der Waals surface area (Å²) in [4.78, 5) is 2.08. The lowest BCUT2D eigenvalue weighted by atomic mass is 10.2. The molecule has 3 heterocycles. The van der Waals surface area contributed by atoms with Crippen molar-refractivity contribution in [3.8, 4) is 0 Å². The van der Waals surface area contributed by atoms with Crippen molar-refractivity contribution < 1.29 is 0 Å². The Morgan fingerprint density at radius 1 is 1.28 bits per heavy atom. The van der Waals surface area contributed by atoms with Crippen molar-refractivity contribution in [2.24, 2.45) is 0 Å². The average Bonchev–Trinajstić information content (AvgIpc) is 3.02. The van der Waals surface area contributed by atoms with Crippen LogP contribution in [0.5, 0.6) is 0 Å². The van der Waals surface area contributed by atoms with Crippen LogP contribution in [-0.4, -0.2) is 19.8 Å². The van der Waals surface area contributed by atoms with Gasteiger partial charge in [0.15, 0.2) is 5.82 Å². The van der Waals surface area contributed by atoms with E-state index in [2.05, 4.69) is 46.7 Å². The summed E-state index contributed by atoms with van der Waals surface area (Å²) in [5.74, 6) is 1.24. The van der Waals surface area contributed by atoms with Gasteiger partial charge in [-0.15, -0.1) is 21.5 Å². The second-order valence-electron chi connectivity index (χ2n) is 4.20. The Kier molecular flexibility index (Phi) is 2.97. The van der Waals surface area contributed by atoms with Crippen LogP contribution in [-0.2, 0) is 0 Å². The molecule has 0 spiro atoms. The summed E-state index contributed by atoms with van der Waals surface area (Å²) < 4.78 is 1.84. The Morgan fingerprint density at radius 2 is 2.17 bits per heavy atom. The highest BCUT2D eigenvalue weighted by Crippen LogP contribution is 2.20. The van der Waals surface area contributed by atoms with E-state index in [1.54, 1.807) is 22.7 Å². The molecule has 0 atom stereocenters. The Morgan fingerprint density at radius 3 is 2.89 bits per heavy atom. The molecule has 18 heavy (non-hydrogen) atoms. The van der Waals surface area contributed by atoms with Crippen LogP contribution in [0.15, 0.2) is 17.5 Å². The van der Waals surface area contributed by atoms with Crippen LogP contribution in [0.2, 0.25) is 0 Å². The summed E-state index contributed by atoms with van der Waals surface area (Å²) in [6, 6.07) is 4.13. The van der Waals surface area contributed by atoms with Gasteiger partial charge < -0.3 is 0 Å². The zero-order valence-electron chi connectivity index (χ0n) is 10.1. The molecule has 0 aromatic carbocycles. The van der Waals surface area contributed by atoms with Crippen LogP contribution in [0, 0.1) is 0 Å². The molecule has 0 N–H and O–H groups in total. The molecule has 3 rings (SSSR count). The predicted molar refractivity (Wildman–Crippen MR) is 76.0 cm³/mol. The molecule has 0 fully saturated rings. The van der Waals surface area contributed by atoms with Gasteiger partial charge in [-0.3, -0.25) is 0 Å². The molecular weight excluding hydrogens is 264 g/mol. The quantitative estimate of drug-likeness (QED) is 0.735. The maximum absolute atomic E-state index is 4.52. The molecule has 6 heteroatoms. The highest BCUT2D eigenvalue weighted by Gasteiger charge is 2.12. The van der Waals surface area contributed by atoms with E-state index in [-0.39, 0.29) is 0 Å². The fourth-order valence-corrected chi connectivity index (χ4v) is 2.98. The molecule has 92 valence electrons. The third-order valence-corrected chi connectivity index (χ3v) is 4.18. The third kappa shape index (κ3) is 2.09. The minimum Gasteiger partial charge on any atom is -0.187 e. The van der Waals surface area contributed by atoms with Crippen molar-refractivity contribution in [3.05, 3.63) is 33.2 Å². The van der Waals surface area contributed by atoms with Gasteiger partial charge in [-0.05, 0) is 23.6 Å². The minimum absolute atomic E-state index is 0.330. The maximum atomic E-state index is 4.52. The summed E-state index contributed by atoms with van der Waals surface area (Å²) in [6.45, 7) is 4.19. The van der Waals surface area contributed by atoms with E-state index in [9.17, 15) is 0 Å². The predicted octanol–water partition coefficient (Wildman–Crippen LogP) is 3.54. The summed E-state index contributed by atoms with van der Waals surface area (Å²) >= 11 is 3.27. The topological polar surface area (TPSA) is 43.1 Å². The zero-order chi connectivity index (χ0) is 12.5. The first-order valence-electron chi connectivity index (χ1n) is 5.68. The van der Waals surface area contributed by atoms with Crippen LogP contribution >= 0.6 is 22.7 Å². The van der Waals surface area contributed by atoms with E-state index in [0.29, 0.717) is 5.92 Å². The largest absolute Gasteiger partial charge is 0.234 e. The van der Waals surface area contributed by atoms with Crippen molar-refractivity contribution in [2.45, 2.75) is 19.8 Å².